The van der Waals surface area contributed by atoms with Crippen molar-refractivity contribution in [1.82, 2.24) is 15.0 Å². The number of carbonyl (C=O) groups excluding carboxylic acids is 1. The molecule has 0 amide bonds. The first-order chi connectivity index (χ1) is 14.0. The summed E-state index contributed by atoms with van der Waals surface area (Å²) in [7, 11) is 3.74. The van der Waals surface area contributed by atoms with Crippen LogP contribution in [-0.4, -0.2) is 34.9 Å². The molecule has 1 aromatic carbocycles. The topological polar surface area (TPSA) is 86.2 Å². The van der Waals surface area contributed by atoms with Crippen molar-refractivity contribution in [1.29, 1.82) is 5.26 Å². The number of nitrogens with zero attached hydrogens (tertiary/aromatic N) is 4. The van der Waals surface area contributed by atoms with E-state index in [0.717, 1.165) is 16.8 Å². The third-order valence-electron chi connectivity index (χ3n) is 5.63. The third-order valence-corrected chi connectivity index (χ3v) is 5.63. The summed E-state index contributed by atoms with van der Waals surface area (Å²) in [5, 5.41) is 13.6. The smallest absolute Gasteiger partial charge is 0.162 e. The van der Waals surface area contributed by atoms with Gasteiger partial charge in [0.1, 0.15) is 5.82 Å². The zero-order valence-corrected chi connectivity index (χ0v) is 16.5. The molecule has 0 fully saturated rings. The van der Waals surface area contributed by atoms with Crippen LogP contribution in [0.3, 0.4) is 0 Å². The Morgan fingerprint density at radius 2 is 1.86 bits per heavy atom. The second-order valence-corrected chi connectivity index (χ2v) is 7.59. The molecule has 146 valence electrons. The second-order valence-electron chi connectivity index (χ2n) is 7.59. The van der Waals surface area contributed by atoms with Crippen LogP contribution < -0.4 is 5.73 Å². The minimum Gasteiger partial charge on any atom is -0.383 e. The molecule has 0 saturated carbocycles. The number of hydrogen-bond acceptors (Lipinski definition) is 6. The first kappa shape index (κ1) is 18.9. The number of benzene rings is 1. The largest absolute Gasteiger partial charge is 0.383 e. The lowest BCUT2D eigenvalue weighted by Crippen LogP contribution is -2.46. The molecule has 1 aliphatic heterocycles. The van der Waals surface area contributed by atoms with E-state index >= 15 is 0 Å². The molecule has 0 bridgehead atoms. The molecule has 0 saturated heterocycles. The van der Waals surface area contributed by atoms with E-state index in [1.54, 1.807) is 12.4 Å². The molecular formula is C23H23N5O. The number of Topliss-reactive ketones (excluding diaryl/α,β-unsaturated/α-hetero) is 1. The first-order valence-corrected chi connectivity index (χ1v) is 9.61. The minimum absolute atomic E-state index is 0.0565. The fourth-order valence-electron chi connectivity index (χ4n) is 4.41. The van der Waals surface area contributed by atoms with Crippen LogP contribution in [-0.2, 0) is 4.79 Å². The molecular weight excluding hydrogens is 362 g/mol. The van der Waals surface area contributed by atoms with Crippen molar-refractivity contribution in [3.05, 3.63) is 88.6 Å². The number of ketones is 1. The maximum atomic E-state index is 13.4. The molecule has 2 N–H and O–H groups in total. The van der Waals surface area contributed by atoms with Gasteiger partial charge in [0.25, 0.3) is 0 Å². The zero-order chi connectivity index (χ0) is 20.5. The molecule has 0 radical (unpaired) electrons. The van der Waals surface area contributed by atoms with Gasteiger partial charge in [-0.25, -0.2) is 5.01 Å². The van der Waals surface area contributed by atoms with Crippen molar-refractivity contribution < 1.29 is 4.79 Å². The summed E-state index contributed by atoms with van der Waals surface area (Å²) in [6.45, 7) is 0. The van der Waals surface area contributed by atoms with E-state index in [0.29, 0.717) is 29.8 Å². The molecule has 4 rings (SSSR count). The van der Waals surface area contributed by atoms with Crippen molar-refractivity contribution in [2.75, 3.05) is 14.1 Å². The van der Waals surface area contributed by atoms with Crippen LogP contribution in [0.25, 0.3) is 0 Å². The highest BCUT2D eigenvalue weighted by atomic mass is 16.1. The van der Waals surface area contributed by atoms with Crippen LogP contribution in [0.2, 0.25) is 0 Å². The predicted molar refractivity (Wildman–Crippen MR) is 110 cm³/mol. The minimum atomic E-state index is -0.482. The van der Waals surface area contributed by atoms with E-state index in [9.17, 15) is 10.1 Å². The van der Waals surface area contributed by atoms with Crippen LogP contribution in [0.15, 0.2) is 77.5 Å². The molecule has 0 unspecified atom stereocenters. The Bertz CT molecular complexity index is 1030. The Labute approximate surface area is 170 Å². The van der Waals surface area contributed by atoms with Crippen LogP contribution in [0.1, 0.15) is 35.8 Å². The SMILES string of the molecule is CN(C)N1C(N)=C(C#N)[C@H](c2cccnc2)C2=C1C[C@H](c1ccccc1)CC2=O. The quantitative estimate of drug-likeness (QED) is 0.874. The van der Waals surface area contributed by atoms with Crippen molar-refractivity contribution in [2.45, 2.75) is 24.7 Å². The summed E-state index contributed by atoms with van der Waals surface area (Å²) in [6, 6.07) is 16.1. The number of rotatable bonds is 3. The Balaban J connectivity index is 1.89. The Morgan fingerprint density at radius 1 is 1.14 bits per heavy atom. The van der Waals surface area contributed by atoms with Gasteiger partial charge in [0, 0.05) is 44.2 Å². The maximum absolute atomic E-state index is 13.4. The number of allylic oxidation sites excluding steroid dienone is 3. The van der Waals surface area contributed by atoms with Crippen LogP contribution in [0.4, 0.5) is 0 Å². The molecule has 2 heterocycles. The summed E-state index contributed by atoms with van der Waals surface area (Å²) in [4.78, 5) is 17.6. The third kappa shape index (κ3) is 3.20. The number of carbonyl (C=O) groups is 1. The Hall–Kier alpha value is -3.43. The standard InChI is InChI=1S/C23H23N5O/c1-27(2)28-19-11-17(15-7-4-3-5-8-15)12-20(29)22(19)21(18(13-24)23(28)25)16-9-6-10-26-14-16/h3-10,14,17,21H,11-12,25H2,1-2H3/t17-,21-/m0/s1. The van der Waals surface area contributed by atoms with E-state index in [1.807, 2.05) is 54.4 Å². The van der Waals surface area contributed by atoms with E-state index < -0.39 is 5.92 Å². The van der Waals surface area contributed by atoms with E-state index in [2.05, 4.69) is 23.2 Å². The summed E-state index contributed by atoms with van der Waals surface area (Å²) >= 11 is 0. The number of hydrazine groups is 1. The van der Waals surface area contributed by atoms with Gasteiger partial charge in [0.05, 0.1) is 17.6 Å². The van der Waals surface area contributed by atoms with Gasteiger partial charge >= 0.3 is 0 Å². The van der Waals surface area contributed by atoms with E-state index in [-0.39, 0.29) is 11.7 Å². The van der Waals surface area contributed by atoms with Crippen LogP contribution >= 0.6 is 0 Å². The molecule has 0 spiro atoms. The van der Waals surface area contributed by atoms with Gasteiger partial charge < -0.3 is 5.73 Å². The van der Waals surface area contributed by atoms with Gasteiger partial charge in [-0.3, -0.25) is 14.8 Å². The fraction of sp³-hybridized carbons (Fsp3) is 0.261. The number of nitriles is 1. The molecule has 2 aliphatic rings. The van der Waals surface area contributed by atoms with Crippen LogP contribution in [0.5, 0.6) is 0 Å². The van der Waals surface area contributed by atoms with Crippen LogP contribution in [0, 0.1) is 11.3 Å². The Morgan fingerprint density at radius 3 is 2.48 bits per heavy atom. The normalized spacial score (nSPS) is 22.0. The van der Waals surface area contributed by atoms with Crippen molar-refractivity contribution in [2.24, 2.45) is 5.73 Å². The summed E-state index contributed by atoms with van der Waals surface area (Å²) in [5.41, 5.74) is 10.3. The number of pyridine rings is 1. The molecule has 2 atom stereocenters. The molecule has 1 aromatic heterocycles. The first-order valence-electron chi connectivity index (χ1n) is 9.61. The van der Waals surface area contributed by atoms with Gasteiger partial charge in [-0.15, -0.1) is 0 Å². The maximum Gasteiger partial charge on any atom is 0.162 e. The average Bonchev–Trinajstić information content (AvgIpc) is 2.73. The average molecular weight is 385 g/mol. The van der Waals surface area contributed by atoms with Gasteiger partial charge in [0.15, 0.2) is 5.78 Å². The van der Waals surface area contributed by atoms with Crippen molar-refractivity contribution >= 4 is 5.78 Å². The zero-order valence-electron chi connectivity index (χ0n) is 16.5. The second kappa shape index (κ2) is 7.53. The summed E-state index contributed by atoms with van der Waals surface area (Å²) < 4.78 is 0. The van der Waals surface area contributed by atoms with Gasteiger partial charge in [0.2, 0.25) is 0 Å². The van der Waals surface area contributed by atoms with Crippen molar-refractivity contribution in [3.63, 3.8) is 0 Å². The number of aromatic nitrogens is 1. The highest BCUT2D eigenvalue weighted by molar-refractivity contribution is 6.00. The summed E-state index contributed by atoms with van der Waals surface area (Å²) in [5.74, 6) is 0.0210. The van der Waals surface area contributed by atoms with Gasteiger partial charge in [-0.05, 0) is 29.5 Å². The van der Waals surface area contributed by atoms with Gasteiger partial charge in [-0.1, -0.05) is 36.4 Å². The highest BCUT2D eigenvalue weighted by Gasteiger charge is 2.43. The van der Waals surface area contributed by atoms with Crippen molar-refractivity contribution in [3.8, 4) is 6.07 Å². The number of hydrogen-bond donors (Lipinski definition) is 1. The molecule has 29 heavy (non-hydrogen) atoms. The highest BCUT2D eigenvalue weighted by Crippen LogP contribution is 2.47. The van der Waals surface area contributed by atoms with E-state index in [4.69, 9.17) is 5.73 Å². The lowest BCUT2D eigenvalue weighted by Gasteiger charge is -2.43. The number of nitrogens with two attached hydrogens (primary N) is 1. The Kier molecular flexibility index (Phi) is 4.91. The van der Waals surface area contributed by atoms with E-state index in [1.165, 1.54) is 0 Å². The molecule has 6 heteroatoms. The molecule has 1 aliphatic carbocycles. The summed E-state index contributed by atoms with van der Waals surface area (Å²) in [6.07, 6.45) is 4.49. The molecule has 6 nitrogen and oxygen atoms in total. The lowest BCUT2D eigenvalue weighted by molar-refractivity contribution is -0.117. The monoisotopic (exact) mass is 385 g/mol. The fourth-order valence-corrected chi connectivity index (χ4v) is 4.41. The molecule has 2 aromatic rings. The lowest BCUT2D eigenvalue weighted by atomic mass is 9.72. The van der Waals surface area contributed by atoms with Gasteiger partial charge in [-0.2, -0.15) is 5.26 Å². The predicted octanol–water partition coefficient (Wildman–Crippen LogP) is 3.05.